The maximum Gasteiger partial charge on any atom is 0.312 e. The first-order valence-corrected chi connectivity index (χ1v) is 9.90. The van der Waals surface area contributed by atoms with E-state index in [4.69, 9.17) is 18.9 Å². The van der Waals surface area contributed by atoms with Crippen LogP contribution in [0, 0.1) is 22.7 Å². The zero-order chi connectivity index (χ0) is 19.4. The minimum Gasteiger partial charge on any atom is -0.465 e. The van der Waals surface area contributed by atoms with E-state index in [-0.39, 0.29) is 36.4 Å². The van der Waals surface area contributed by atoms with Crippen molar-refractivity contribution in [3.05, 3.63) is 0 Å². The molecule has 4 rings (SSSR count). The molecule has 4 aliphatic rings. The van der Waals surface area contributed by atoms with Gasteiger partial charge in [0.25, 0.3) is 0 Å². The van der Waals surface area contributed by atoms with E-state index in [0.717, 1.165) is 19.3 Å². The lowest BCUT2D eigenvalue weighted by Gasteiger charge is -2.61. The molecule has 7 nitrogen and oxygen atoms in total. The summed E-state index contributed by atoms with van der Waals surface area (Å²) in [5.74, 6) is -0.997. The fourth-order valence-electron chi connectivity index (χ4n) is 6.43. The summed E-state index contributed by atoms with van der Waals surface area (Å²) < 4.78 is 22.8. The molecule has 0 aromatic heterocycles. The van der Waals surface area contributed by atoms with Crippen LogP contribution in [0.2, 0.25) is 0 Å². The van der Waals surface area contributed by atoms with Crippen LogP contribution in [0.25, 0.3) is 0 Å². The molecule has 0 N–H and O–H groups in total. The Bertz CT molecular complexity index is 669. The number of cyclic esters (lactones) is 1. The van der Waals surface area contributed by atoms with Crippen LogP contribution < -0.4 is 0 Å². The maximum absolute atomic E-state index is 13.0. The number of carbonyl (C=O) groups excluding carboxylic acids is 3. The van der Waals surface area contributed by atoms with E-state index in [0.29, 0.717) is 26.1 Å². The standard InChI is InChI=1S/C20H28O7/c1-12-9-16(27-14(3)22)20(11-25-13(2)21)15(5-4-6-18(20)10-26-18)19(12)7-8-24-17(19)23/h12,15-16H,4-11H2,1-3H3/t12-,15-,16+,18+,19-,20+/m1/s1. The SMILES string of the molecule is CC(=O)OC[C@@]12[C@@H](OC(C)=O)C[C@@H](C)[C@]3(CCOC3=O)[C@H]1CCC[C@]21CO1. The van der Waals surface area contributed by atoms with E-state index in [1.807, 2.05) is 6.92 Å². The molecule has 0 unspecified atom stereocenters. The van der Waals surface area contributed by atoms with E-state index < -0.39 is 22.5 Å². The van der Waals surface area contributed by atoms with Crippen LogP contribution in [0.1, 0.15) is 52.9 Å². The summed E-state index contributed by atoms with van der Waals surface area (Å²) in [6.45, 7) is 5.88. The third kappa shape index (κ3) is 2.46. The van der Waals surface area contributed by atoms with E-state index in [2.05, 4.69) is 0 Å². The molecule has 27 heavy (non-hydrogen) atoms. The van der Waals surface area contributed by atoms with Crippen LogP contribution in [-0.4, -0.2) is 49.4 Å². The molecule has 0 amide bonds. The molecule has 0 bridgehead atoms. The summed E-state index contributed by atoms with van der Waals surface area (Å²) in [6, 6.07) is 0. The smallest absolute Gasteiger partial charge is 0.312 e. The van der Waals surface area contributed by atoms with Crippen LogP contribution in [0.3, 0.4) is 0 Å². The molecule has 2 saturated heterocycles. The fraction of sp³-hybridized carbons (Fsp3) is 0.850. The lowest BCUT2D eigenvalue weighted by Crippen LogP contribution is -2.68. The first-order chi connectivity index (χ1) is 12.8. The van der Waals surface area contributed by atoms with Gasteiger partial charge in [-0.2, -0.15) is 0 Å². The molecule has 0 aromatic carbocycles. The van der Waals surface area contributed by atoms with Crippen molar-refractivity contribution in [1.82, 2.24) is 0 Å². The molecular weight excluding hydrogens is 352 g/mol. The van der Waals surface area contributed by atoms with Crippen molar-refractivity contribution in [3.8, 4) is 0 Å². The van der Waals surface area contributed by atoms with Gasteiger partial charge in [0.05, 0.1) is 24.0 Å². The van der Waals surface area contributed by atoms with E-state index in [1.54, 1.807) is 0 Å². The van der Waals surface area contributed by atoms with E-state index in [9.17, 15) is 14.4 Å². The van der Waals surface area contributed by atoms with Gasteiger partial charge in [-0.05, 0) is 37.5 Å². The number of epoxide rings is 1. The predicted octanol–water partition coefficient (Wildman–Crippen LogP) is 2.01. The molecule has 0 aromatic rings. The van der Waals surface area contributed by atoms with Crippen molar-refractivity contribution >= 4 is 17.9 Å². The molecule has 150 valence electrons. The average molecular weight is 380 g/mol. The summed E-state index contributed by atoms with van der Waals surface area (Å²) in [6.07, 6.45) is 3.31. The highest BCUT2D eigenvalue weighted by Gasteiger charge is 2.77. The van der Waals surface area contributed by atoms with Gasteiger partial charge < -0.3 is 18.9 Å². The summed E-state index contributed by atoms with van der Waals surface area (Å²) in [7, 11) is 0. The van der Waals surface area contributed by atoms with Crippen molar-refractivity contribution < 1.29 is 33.3 Å². The quantitative estimate of drug-likeness (QED) is 0.420. The zero-order valence-electron chi connectivity index (χ0n) is 16.2. The van der Waals surface area contributed by atoms with Crippen molar-refractivity contribution in [3.63, 3.8) is 0 Å². The van der Waals surface area contributed by atoms with Crippen molar-refractivity contribution in [2.45, 2.75) is 64.6 Å². The lowest BCUT2D eigenvalue weighted by molar-refractivity contribution is -0.228. The van der Waals surface area contributed by atoms with Gasteiger partial charge in [0, 0.05) is 13.8 Å². The van der Waals surface area contributed by atoms with Gasteiger partial charge in [-0.3, -0.25) is 14.4 Å². The van der Waals surface area contributed by atoms with Crippen LogP contribution >= 0.6 is 0 Å². The highest BCUT2D eigenvalue weighted by atomic mass is 16.6. The Morgan fingerprint density at radius 2 is 1.96 bits per heavy atom. The fourth-order valence-corrected chi connectivity index (χ4v) is 6.43. The number of ether oxygens (including phenoxy) is 4. The molecule has 2 spiro atoms. The lowest BCUT2D eigenvalue weighted by atomic mass is 9.43. The Morgan fingerprint density at radius 1 is 1.22 bits per heavy atom. The van der Waals surface area contributed by atoms with Crippen LogP contribution in [0.5, 0.6) is 0 Å². The second kappa shape index (κ2) is 6.19. The Labute approximate surface area is 159 Å². The molecular formula is C20H28O7. The molecule has 2 aliphatic carbocycles. The molecule has 0 radical (unpaired) electrons. The molecule has 2 heterocycles. The van der Waals surface area contributed by atoms with Gasteiger partial charge in [-0.15, -0.1) is 0 Å². The average Bonchev–Trinajstić information content (AvgIpc) is 3.26. The number of esters is 3. The van der Waals surface area contributed by atoms with Crippen molar-refractivity contribution in [2.24, 2.45) is 22.7 Å². The van der Waals surface area contributed by atoms with E-state index >= 15 is 0 Å². The van der Waals surface area contributed by atoms with Gasteiger partial charge in [0.2, 0.25) is 0 Å². The molecule has 6 atom stereocenters. The Morgan fingerprint density at radius 3 is 2.52 bits per heavy atom. The summed E-state index contributed by atoms with van der Waals surface area (Å²) >= 11 is 0. The second-order valence-corrected chi connectivity index (χ2v) is 8.71. The first-order valence-electron chi connectivity index (χ1n) is 9.90. The van der Waals surface area contributed by atoms with Gasteiger partial charge in [0.1, 0.15) is 18.3 Å². The topological polar surface area (TPSA) is 91.4 Å². The zero-order valence-corrected chi connectivity index (χ0v) is 16.2. The molecule has 7 heteroatoms. The minimum atomic E-state index is -0.710. The highest BCUT2D eigenvalue weighted by molar-refractivity contribution is 5.80. The Hall–Kier alpha value is -1.63. The van der Waals surface area contributed by atoms with Gasteiger partial charge in [-0.1, -0.05) is 13.3 Å². The number of hydrogen-bond acceptors (Lipinski definition) is 7. The third-order valence-electron chi connectivity index (χ3n) is 7.63. The second-order valence-electron chi connectivity index (χ2n) is 8.71. The van der Waals surface area contributed by atoms with Crippen LogP contribution in [0.15, 0.2) is 0 Å². The molecule has 2 aliphatic heterocycles. The third-order valence-corrected chi connectivity index (χ3v) is 7.63. The first kappa shape index (κ1) is 18.7. The predicted molar refractivity (Wildman–Crippen MR) is 92.4 cm³/mol. The van der Waals surface area contributed by atoms with E-state index in [1.165, 1.54) is 13.8 Å². The Balaban J connectivity index is 1.85. The van der Waals surface area contributed by atoms with Gasteiger partial charge in [-0.25, -0.2) is 0 Å². The minimum absolute atomic E-state index is 0.0150. The van der Waals surface area contributed by atoms with Gasteiger partial charge in [0.15, 0.2) is 0 Å². The number of rotatable bonds is 3. The molecule has 4 fully saturated rings. The van der Waals surface area contributed by atoms with Crippen LogP contribution in [0.4, 0.5) is 0 Å². The maximum atomic E-state index is 13.0. The summed E-state index contributed by atoms with van der Waals surface area (Å²) in [5.41, 5.74) is -1.84. The van der Waals surface area contributed by atoms with Gasteiger partial charge >= 0.3 is 17.9 Å². The number of fused-ring (bicyclic) bond motifs is 3. The number of carbonyl (C=O) groups is 3. The van der Waals surface area contributed by atoms with Crippen molar-refractivity contribution in [2.75, 3.05) is 19.8 Å². The Kier molecular flexibility index (Phi) is 4.29. The number of hydrogen-bond donors (Lipinski definition) is 0. The monoisotopic (exact) mass is 380 g/mol. The van der Waals surface area contributed by atoms with Crippen LogP contribution in [-0.2, 0) is 33.3 Å². The highest BCUT2D eigenvalue weighted by Crippen LogP contribution is 2.70. The summed E-state index contributed by atoms with van der Waals surface area (Å²) in [5, 5.41) is 0. The summed E-state index contributed by atoms with van der Waals surface area (Å²) in [4.78, 5) is 36.6. The normalized spacial score (nSPS) is 45.3. The largest absolute Gasteiger partial charge is 0.465 e. The van der Waals surface area contributed by atoms with Crippen molar-refractivity contribution in [1.29, 1.82) is 0 Å². The molecule has 2 saturated carbocycles.